The van der Waals surface area contributed by atoms with E-state index >= 15 is 0 Å². The van der Waals surface area contributed by atoms with Gasteiger partial charge in [-0.3, -0.25) is 4.99 Å². The van der Waals surface area contributed by atoms with E-state index in [1.807, 2.05) is 36.6 Å². The van der Waals surface area contributed by atoms with Crippen LogP contribution in [0.1, 0.15) is 71.3 Å². The quantitative estimate of drug-likeness (QED) is 0.534. The molecule has 6 unspecified atom stereocenters. The minimum atomic E-state index is 0.0822. The van der Waals surface area contributed by atoms with Crippen LogP contribution in [0.2, 0.25) is 0 Å². The lowest BCUT2D eigenvalue weighted by Crippen LogP contribution is -2.46. The normalized spacial score (nSPS) is 38.5. The van der Waals surface area contributed by atoms with Crippen LogP contribution in [0.25, 0.3) is 6.08 Å². The van der Waals surface area contributed by atoms with Crippen LogP contribution in [0, 0.1) is 34.5 Å². The number of aliphatic hydroxyl groups excluding tert-OH is 1. The molecule has 0 saturated heterocycles. The summed E-state index contributed by atoms with van der Waals surface area (Å²) in [7, 11) is 0. The van der Waals surface area contributed by atoms with Crippen molar-refractivity contribution in [1.82, 2.24) is 0 Å². The molecule has 6 atom stereocenters. The van der Waals surface area contributed by atoms with Crippen LogP contribution in [-0.4, -0.2) is 17.9 Å². The predicted molar refractivity (Wildman–Crippen MR) is 131 cm³/mol. The van der Waals surface area contributed by atoms with Crippen LogP contribution in [-0.2, 0) is 0 Å². The van der Waals surface area contributed by atoms with E-state index in [9.17, 15) is 5.11 Å². The molecule has 2 saturated carbocycles. The summed E-state index contributed by atoms with van der Waals surface area (Å²) in [4.78, 5) is 4.73. The lowest BCUT2D eigenvalue weighted by atomic mass is 9.52. The van der Waals surface area contributed by atoms with Crippen molar-refractivity contribution in [2.24, 2.45) is 45.2 Å². The number of fused-ring (bicyclic) bond motifs is 1. The summed E-state index contributed by atoms with van der Waals surface area (Å²) in [6.45, 7) is 11.4. The number of rotatable bonds is 5. The summed E-state index contributed by atoms with van der Waals surface area (Å²) in [5.41, 5.74) is 11.2. The predicted octanol–water partition coefficient (Wildman–Crippen LogP) is 6.51. The van der Waals surface area contributed by atoms with Gasteiger partial charge in [-0.15, -0.1) is 0 Å². The lowest BCUT2D eigenvalue weighted by Gasteiger charge is -2.52. The molecule has 0 bridgehead atoms. The van der Waals surface area contributed by atoms with E-state index < -0.39 is 0 Å². The molecule has 0 amide bonds. The Labute approximate surface area is 188 Å². The summed E-state index contributed by atoms with van der Waals surface area (Å²) in [5.74, 6) is 2.57. The first kappa shape index (κ1) is 22.3. The highest BCUT2D eigenvalue weighted by molar-refractivity contribution is 5.82. The Hall–Kier alpha value is -1.87. The van der Waals surface area contributed by atoms with Crippen molar-refractivity contribution < 1.29 is 5.11 Å². The second-order valence-electron chi connectivity index (χ2n) is 11.0. The average Bonchev–Trinajstić information content (AvgIpc) is 3.08. The molecule has 2 fully saturated rings. The van der Waals surface area contributed by atoms with Gasteiger partial charge in [-0.05, 0) is 103 Å². The molecule has 1 aromatic carbocycles. The molecule has 3 N–H and O–H groups in total. The highest BCUT2D eigenvalue weighted by Crippen LogP contribution is 2.61. The summed E-state index contributed by atoms with van der Waals surface area (Å²) in [6, 6.07) is 8.11. The van der Waals surface area contributed by atoms with Crippen LogP contribution < -0.4 is 5.73 Å². The van der Waals surface area contributed by atoms with Crippen molar-refractivity contribution in [3.05, 3.63) is 47.7 Å². The molecule has 0 radical (unpaired) electrons. The van der Waals surface area contributed by atoms with Gasteiger partial charge < -0.3 is 10.8 Å². The number of aliphatic hydroxyl groups is 1. The van der Waals surface area contributed by atoms with Crippen molar-refractivity contribution in [2.45, 2.75) is 65.7 Å². The molecule has 0 spiro atoms. The van der Waals surface area contributed by atoms with Crippen LogP contribution in [0.5, 0.6) is 0 Å². The number of aliphatic imine (C=N–C) groups is 1. The molecule has 0 aliphatic heterocycles. The smallest absolute Gasteiger partial charge is 0.0630 e. The zero-order valence-electron chi connectivity index (χ0n) is 19.6. The minimum Gasteiger partial charge on any atom is -0.402 e. The standard InChI is InChI=1S/C28H40N2O/c1-5-20-7-10-25(11-8-20)30-17-21-16-28(4,24(18-31)15-26(21)29)23-12-13-27(3)19(2)6-9-22(27)14-23/h5,7-8,10-11,17,19,22-24,31H,1,6,9,12-16,18,29H2,2-4H3. The zero-order valence-corrected chi connectivity index (χ0v) is 19.6. The van der Waals surface area contributed by atoms with E-state index in [1.54, 1.807) is 0 Å². The molecule has 0 heterocycles. The van der Waals surface area contributed by atoms with Crippen LogP contribution in [0.3, 0.4) is 0 Å². The molecule has 31 heavy (non-hydrogen) atoms. The Morgan fingerprint density at radius 1 is 1.13 bits per heavy atom. The maximum absolute atomic E-state index is 10.3. The second-order valence-corrected chi connectivity index (χ2v) is 11.0. The first-order valence-corrected chi connectivity index (χ1v) is 12.1. The van der Waals surface area contributed by atoms with E-state index in [1.165, 1.54) is 32.1 Å². The highest BCUT2D eigenvalue weighted by atomic mass is 16.3. The van der Waals surface area contributed by atoms with Gasteiger partial charge in [-0.25, -0.2) is 0 Å². The van der Waals surface area contributed by atoms with Crippen molar-refractivity contribution in [2.75, 3.05) is 6.61 Å². The maximum atomic E-state index is 10.3. The second kappa shape index (κ2) is 8.58. The first-order chi connectivity index (χ1) is 14.8. The monoisotopic (exact) mass is 420 g/mol. The average molecular weight is 421 g/mol. The molecule has 1 aromatic rings. The molecule has 3 aliphatic rings. The fraction of sp³-hybridized carbons (Fsp3) is 0.607. The zero-order chi connectivity index (χ0) is 22.2. The van der Waals surface area contributed by atoms with Crippen LogP contribution in [0.4, 0.5) is 5.69 Å². The number of benzene rings is 1. The number of nitrogens with two attached hydrogens (primary N) is 1. The van der Waals surface area contributed by atoms with Crippen molar-refractivity contribution >= 4 is 18.0 Å². The van der Waals surface area contributed by atoms with Gasteiger partial charge >= 0.3 is 0 Å². The molecule has 168 valence electrons. The maximum Gasteiger partial charge on any atom is 0.0630 e. The van der Waals surface area contributed by atoms with E-state index in [4.69, 9.17) is 10.7 Å². The Morgan fingerprint density at radius 3 is 2.52 bits per heavy atom. The van der Waals surface area contributed by atoms with Crippen molar-refractivity contribution in [1.29, 1.82) is 0 Å². The topological polar surface area (TPSA) is 58.6 Å². The van der Waals surface area contributed by atoms with E-state index in [0.717, 1.165) is 47.2 Å². The fourth-order valence-corrected chi connectivity index (χ4v) is 6.92. The number of allylic oxidation sites excluding steroid dienone is 2. The van der Waals surface area contributed by atoms with Gasteiger partial charge in [-0.2, -0.15) is 0 Å². The largest absolute Gasteiger partial charge is 0.402 e. The summed E-state index contributed by atoms with van der Waals surface area (Å²) >= 11 is 0. The van der Waals surface area contributed by atoms with Crippen LogP contribution in [0.15, 0.2) is 47.1 Å². The summed E-state index contributed by atoms with van der Waals surface area (Å²) < 4.78 is 0. The van der Waals surface area contributed by atoms with Gasteiger partial charge in [0.1, 0.15) is 0 Å². The first-order valence-electron chi connectivity index (χ1n) is 12.1. The van der Waals surface area contributed by atoms with Crippen LogP contribution >= 0.6 is 0 Å². The number of nitrogens with zero attached hydrogens (tertiary/aromatic N) is 1. The minimum absolute atomic E-state index is 0.0822. The molecule has 3 nitrogen and oxygen atoms in total. The molecular weight excluding hydrogens is 380 g/mol. The van der Waals surface area contributed by atoms with E-state index in [-0.39, 0.29) is 17.9 Å². The van der Waals surface area contributed by atoms with Crippen molar-refractivity contribution in [3.63, 3.8) is 0 Å². The van der Waals surface area contributed by atoms with E-state index in [2.05, 4.69) is 27.4 Å². The Bertz CT molecular complexity index is 870. The molecular formula is C28H40N2O. The van der Waals surface area contributed by atoms with Gasteiger partial charge in [0.15, 0.2) is 0 Å². The Morgan fingerprint density at radius 2 is 1.84 bits per heavy atom. The lowest BCUT2D eigenvalue weighted by molar-refractivity contribution is -0.0264. The van der Waals surface area contributed by atoms with Gasteiger partial charge in [0, 0.05) is 18.5 Å². The molecule has 0 aromatic heterocycles. The number of hydrogen-bond acceptors (Lipinski definition) is 3. The third-order valence-electron chi connectivity index (χ3n) is 9.64. The van der Waals surface area contributed by atoms with Gasteiger partial charge in [-0.1, -0.05) is 45.6 Å². The fourth-order valence-electron chi connectivity index (χ4n) is 6.92. The SMILES string of the molecule is C=Cc1ccc(N=CC2=C(N)CC(CO)C(C)(C3CCC4(C)C(C)CCC4C3)C2)cc1. The third kappa shape index (κ3) is 4.02. The van der Waals surface area contributed by atoms with Gasteiger partial charge in [0.25, 0.3) is 0 Å². The van der Waals surface area contributed by atoms with Gasteiger partial charge in [0.05, 0.1) is 5.69 Å². The Kier molecular flexibility index (Phi) is 6.18. The highest BCUT2D eigenvalue weighted by Gasteiger charge is 2.53. The molecule has 3 heteroatoms. The number of hydrogen-bond donors (Lipinski definition) is 2. The van der Waals surface area contributed by atoms with Crippen molar-refractivity contribution in [3.8, 4) is 0 Å². The summed E-state index contributed by atoms with van der Waals surface area (Å²) in [5, 5.41) is 10.3. The Balaban J connectivity index is 1.55. The van der Waals surface area contributed by atoms with Gasteiger partial charge in [0.2, 0.25) is 0 Å². The molecule has 3 aliphatic carbocycles. The third-order valence-corrected chi connectivity index (χ3v) is 9.64. The van der Waals surface area contributed by atoms with E-state index in [0.29, 0.717) is 11.3 Å². The molecule has 4 rings (SSSR count). The summed E-state index contributed by atoms with van der Waals surface area (Å²) in [6.07, 6.45) is 12.2.